The van der Waals surface area contributed by atoms with Gasteiger partial charge in [0.15, 0.2) is 0 Å². The molecule has 0 aliphatic heterocycles. The van der Waals surface area contributed by atoms with Gasteiger partial charge in [0.05, 0.1) is 6.61 Å². The van der Waals surface area contributed by atoms with Gasteiger partial charge in [0.25, 0.3) is 5.00 Å². The minimum atomic E-state index is -2.61. The fourth-order valence-electron chi connectivity index (χ4n) is 2.04. The lowest BCUT2D eigenvalue weighted by atomic mass is 10.1. The molecule has 2 aromatic carbocycles. The second-order valence-electron chi connectivity index (χ2n) is 4.69. The number of carbonyl (C=O) groups excluding carboxylic acids is 1. The minimum Gasteiger partial charge on any atom is -0.463 e. The first-order chi connectivity index (χ1) is 10.6. The highest BCUT2D eigenvalue weighted by atomic mass is 32.2. The van der Waals surface area contributed by atoms with Crippen LogP contribution in [-0.4, -0.2) is 21.8 Å². The average molecular weight is 320 g/mol. The Hall–Kier alpha value is -2.01. The van der Waals surface area contributed by atoms with E-state index in [4.69, 9.17) is 4.74 Å². The highest BCUT2D eigenvalue weighted by Gasteiger charge is 2.47. The molecule has 0 spiro atoms. The van der Waals surface area contributed by atoms with Gasteiger partial charge in [-0.15, -0.1) is 0 Å². The zero-order valence-corrected chi connectivity index (χ0v) is 13.0. The van der Waals surface area contributed by atoms with Crippen LogP contribution in [0.4, 0.5) is 4.39 Å². The predicted molar refractivity (Wildman–Crippen MR) is 83.5 cm³/mol. The summed E-state index contributed by atoms with van der Waals surface area (Å²) in [6.07, 6.45) is -0.297. The molecule has 22 heavy (non-hydrogen) atoms. The van der Waals surface area contributed by atoms with E-state index in [1.54, 1.807) is 55.5 Å². The lowest BCUT2D eigenvalue weighted by molar-refractivity contribution is -0.151. The van der Waals surface area contributed by atoms with E-state index in [9.17, 15) is 9.00 Å². The van der Waals surface area contributed by atoms with Crippen LogP contribution in [0.5, 0.6) is 0 Å². The van der Waals surface area contributed by atoms with Crippen LogP contribution < -0.4 is 0 Å². The van der Waals surface area contributed by atoms with E-state index < -0.39 is 21.8 Å². The zero-order valence-electron chi connectivity index (χ0n) is 12.2. The molecule has 116 valence electrons. The van der Waals surface area contributed by atoms with Gasteiger partial charge in [-0.05, 0) is 24.6 Å². The second kappa shape index (κ2) is 7.31. The summed E-state index contributed by atoms with van der Waals surface area (Å²) in [5, 5.41) is -2.61. The molecule has 3 nitrogen and oxygen atoms in total. The average Bonchev–Trinajstić information content (AvgIpc) is 2.56. The molecule has 2 atom stereocenters. The number of rotatable bonds is 6. The monoisotopic (exact) mass is 320 g/mol. The van der Waals surface area contributed by atoms with E-state index in [2.05, 4.69) is 0 Å². The molecule has 0 saturated carbocycles. The molecule has 0 aliphatic carbocycles. The molecule has 0 saturated heterocycles. The summed E-state index contributed by atoms with van der Waals surface area (Å²) in [5.41, 5.74) is 0.585. The van der Waals surface area contributed by atoms with E-state index in [-0.39, 0.29) is 17.9 Å². The van der Waals surface area contributed by atoms with Gasteiger partial charge in [0, 0.05) is 11.3 Å². The molecule has 5 heteroatoms. The largest absolute Gasteiger partial charge is 0.463 e. The number of benzene rings is 2. The Morgan fingerprint density at radius 2 is 1.64 bits per heavy atom. The SMILES string of the molecule is CCOC(=O)C(F)(Cc1ccccc1)S(=O)c1ccccc1. The number of hydrogen-bond acceptors (Lipinski definition) is 3. The highest BCUT2D eigenvalue weighted by Crippen LogP contribution is 2.29. The van der Waals surface area contributed by atoms with Crippen molar-refractivity contribution < 1.29 is 18.1 Å². The van der Waals surface area contributed by atoms with Crippen LogP contribution in [0.1, 0.15) is 12.5 Å². The predicted octanol–water partition coefficient (Wildman–Crippen LogP) is 3.27. The van der Waals surface area contributed by atoms with Gasteiger partial charge < -0.3 is 4.74 Å². The van der Waals surface area contributed by atoms with Gasteiger partial charge >= 0.3 is 5.97 Å². The summed E-state index contributed by atoms with van der Waals surface area (Å²) < 4.78 is 32.8. The maximum absolute atomic E-state index is 15.4. The van der Waals surface area contributed by atoms with Crippen LogP contribution in [0.3, 0.4) is 0 Å². The fourth-order valence-corrected chi connectivity index (χ4v) is 3.33. The van der Waals surface area contributed by atoms with Crippen molar-refractivity contribution in [2.45, 2.75) is 23.2 Å². The van der Waals surface area contributed by atoms with Gasteiger partial charge in [0.1, 0.15) is 10.8 Å². The van der Waals surface area contributed by atoms with Gasteiger partial charge in [0.2, 0.25) is 0 Å². The Bertz CT molecular complexity index is 645. The van der Waals surface area contributed by atoms with Crippen LogP contribution >= 0.6 is 0 Å². The Morgan fingerprint density at radius 1 is 1.09 bits per heavy atom. The Morgan fingerprint density at radius 3 is 2.18 bits per heavy atom. The van der Waals surface area contributed by atoms with Gasteiger partial charge in [-0.3, -0.25) is 4.21 Å². The molecule has 0 aliphatic rings. The number of carbonyl (C=O) groups is 1. The van der Waals surface area contributed by atoms with Gasteiger partial charge in [-0.25, -0.2) is 9.18 Å². The maximum Gasteiger partial charge on any atom is 0.357 e. The first kappa shape index (κ1) is 16.4. The third-order valence-corrected chi connectivity index (χ3v) is 4.70. The van der Waals surface area contributed by atoms with E-state index in [0.29, 0.717) is 5.56 Å². The summed E-state index contributed by atoms with van der Waals surface area (Å²) in [6, 6.07) is 16.8. The van der Waals surface area contributed by atoms with Crippen molar-refractivity contribution in [2.24, 2.45) is 0 Å². The summed E-state index contributed by atoms with van der Waals surface area (Å²) in [6.45, 7) is 1.62. The molecule has 0 radical (unpaired) electrons. The molecule has 2 rings (SSSR count). The first-order valence-electron chi connectivity index (χ1n) is 6.95. The number of ether oxygens (including phenoxy) is 1. The summed E-state index contributed by atoms with van der Waals surface area (Å²) in [7, 11) is -2.16. The van der Waals surface area contributed by atoms with Crippen molar-refractivity contribution in [3.05, 3.63) is 66.2 Å². The molecule has 0 N–H and O–H groups in total. The fraction of sp³-hybridized carbons (Fsp3) is 0.235. The molecular formula is C17H17FO3S. The molecule has 0 bridgehead atoms. The first-order valence-corrected chi connectivity index (χ1v) is 8.10. The van der Waals surface area contributed by atoms with Crippen molar-refractivity contribution in [3.63, 3.8) is 0 Å². The van der Waals surface area contributed by atoms with E-state index in [1.807, 2.05) is 0 Å². The van der Waals surface area contributed by atoms with Crippen molar-refractivity contribution in [2.75, 3.05) is 6.61 Å². The molecule has 0 fully saturated rings. The maximum atomic E-state index is 15.4. The summed E-state index contributed by atoms with van der Waals surface area (Å²) >= 11 is 0. The third kappa shape index (κ3) is 3.60. The van der Waals surface area contributed by atoms with E-state index in [1.165, 1.54) is 12.1 Å². The number of halogens is 1. The van der Waals surface area contributed by atoms with Crippen molar-refractivity contribution in [3.8, 4) is 0 Å². The normalized spacial score (nSPS) is 14.8. The van der Waals surface area contributed by atoms with Crippen LogP contribution in [-0.2, 0) is 26.8 Å². The minimum absolute atomic E-state index is 0.0330. The molecule has 2 aromatic rings. The standard InChI is InChI=1S/C17H17FO3S/c1-2-21-16(19)17(18,13-14-9-5-3-6-10-14)22(20)15-11-7-4-8-12-15/h3-12H,2,13H2,1H3. The Balaban J connectivity index is 2.37. The lowest BCUT2D eigenvalue weighted by Gasteiger charge is -2.22. The smallest absolute Gasteiger partial charge is 0.357 e. The zero-order chi connectivity index (χ0) is 16.0. The Labute approximate surface area is 131 Å². The number of alkyl halides is 1. The third-order valence-electron chi connectivity index (χ3n) is 3.11. The van der Waals surface area contributed by atoms with Crippen LogP contribution in [0, 0.1) is 0 Å². The summed E-state index contributed by atoms with van der Waals surface area (Å²) in [4.78, 5) is 12.4. The van der Waals surface area contributed by atoms with Crippen molar-refractivity contribution in [1.29, 1.82) is 0 Å². The van der Waals surface area contributed by atoms with Crippen LogP contribution in [0.2, 0.25) is 0 Å². The van der Waals surface area contributed by atoms with Gasteiger partial charge in [-0.2, -0.15) is 0 Å². The lowest BCUT2D eigenvalue weighted by Crippen LogP contribution is -2.42. The van der Waals surface area contributed by atoms with E-state index in [0.717, 1.165) is 0 Å². The highest BCUT2D eigenvalue weighted by molar-refractivity contribution is 7.87. The van der Waals surface area contributed by atoms with Gasteiger partial charge in [-0.1, -0.05) is 48.5 Å². The van der Waals surface area contributed by atoms with Crippen molar-refractivity contribution >= 4 is 16.8 Å². The van der Waals surface area contributed by atoms with E-state index >= 15 is 4.39 Å². The molecular weight excluding hydrogens is 303 g/mol. The molecule has 0 aromatic heterocycles. The number of hydrogen-bond donors (Lipinski definition) is 0. The van der Waals surface area contributed by atoms with Crippen LogP contribution in [0.25, 0.3) is 0 Å². The molecule has 0 heterocycles. The number of esters is 1. The Kier molecular flexibility index (Phi) is 5.44. The van der Waals surface area contributed by atoms with Crippen LogP contribution in [0.15, 0.2) is 65.6 Å². The molecule has 0 amide bonds. The molecule has 2 unspecified atom stereocenters. The topological polar surface area (TPSA) is 43.4 Å². The second-order valence-corrected chi connectivity index (χ2v) is 6.35. The van der Waals surface area contributed by atoms with Crippen molar-refractivity contribution in [1.82, 2.24) is 0 Å². The summed E-state index contributed by atoms with van der Waals surface area (Å²) in [5.74, 6) is -1.10. The quantitative estimate of drug-likeness (QED) is 0.767.